The van der Waals surface area contributed by atoms with Crippen molar-refractivity contribution in [1.82, 2.24) is 0 Å². The van der Waals surface area contributed by atoms with Crippen LogP contribution in [-0.4, -0.2) is 62.4 Å². The minimum Gasteiger partial charge on any atom is -0.511 e. The van der Waals surface area contributed by atoms with Crippen molar-refractivity contribution in [2.45, 2.75) is 104 Å². The Morgan fingerprint density at radius 2 is 1.73 bits per heavy atom. The van der Waals surface area contributed by atoms with Crippen LogP contribution in [0.1, 0.15) is 80.1 Å². The number of aliphatic hydroxyl groups excluding tert-OH is 4. The average molecular weight is 573 g/mol. The molecule has 0 amide bonds. The zero-order valence-electron chi connectivity index (χ0n) is 25.2. The largest absolute Gasteiger partial charge is 0.511 e. The SMILES string of the molecule is CCCC(=O)CCC(C)C1OC(=O)CC=C(C)C(O)C=C(C)C=CC2C(=O)C(C=CC(O)CC(O)C1C)C(O)=C2C. The second kappa shape index (κ2) is 16.0. The highest BCUT2D eigenvalue weighted by atomic mass is 16.5. The van der Waals surface area contributed by atoms with E-state index in [0.717, 1.165) is 6.42 Å². The maximum Gasteiger partial charge on any atom is 0.309 e. The van der Waals surface area contributed by atoms with E-state index in [4.69, 9.17) is 4.74 Å². The normalized spacial score (nSPS) is 31.4. The summed E-state index contributed by atoms with van der Waals surface area (Å²) in [6, 6.07) is 0. The van der Waals surface area contributed by atoms with Crippen LogP contribution in [0.4, 0.5) is 0 Å². The third-order valence-electron chi connectivity index (χ3n) is 8.18. The summed E-state index contributed by atoms with van der Waals surface area (Å²) in [5.41, 5.74) is 1.77. The van der Waals surface area contributed by atoms with Gasteiger partial charge in [-0.3, -0.25) is 14.4 Å². The van der Waals surface area contributed by atoms with E-state index in [0.29, 0.717) is 36.0 Å². The lowest BCUT2D eigenvalue weighted by Crippen LogP contribution is -2.39. The molecule has 8 atom stereocenters. The number of ether oxygens (including phenoxy) is 1. The van der Waals surface area contributed by atoms with Crippen LogP contribution in [0.2, 0.25) is 0 Å². The van der Waals surface area contributed by atoms with E-state index in [1.807, 2.05) is 13.8 Å². The Morgan fingerprint density at radius 3 is 2.39 bits per heavy atom. The van der Waals surface area contributed by atoms with E-state index in [1.54, 1.807) is 52.0 Å². The second-order valence-electron chi connectivity index (χ2n) is 11.7. The van der Waals surface area contributed by atoms with E-state index < -0.39 is 48.1 Å². The summed E-state index contributed by atoms with van der Waals surface area (Å²) in [5.74, 6) is -3.03. The van der Waals surface area contributed by atoms with Crippen molar-refractivity contribution in [3.05, 3.63) is 58.9 Å². The number of Topliss-reactive ketones (excluding diaryl/α,β-unsaturated/α-hetero) is 2. The number of hydrogen-bond acceptors (Lipinski definition) is 8. The first-order valence-corrected chi connectivity index (χ1v) is 14.7. The van der Waals surface area contributed by atoms with Crippen molar-refractivity contribution < 1.29 is 39.5 Å². The van der Waals surface area contributed by atoms with Gasteiger partial charge in [-0.25, -0.2) is 0 Å². The number of hydrogen-bond donors (Lipinski definition) is 4. The molecule has 0 aromatic carbocycles. The molecule has 0 saturated heterocycles. The maximum atomic E-state index is 13.1. The fourth-order valence-electron chi connectivity index (χ4n) is 5.32. The smallest absolute Gasteiger partial charge is 0.309 e. The molecule has 2 rings (SSSR count). The van der Waals surface area contributed by atoms with Gasteiger partial charge in [-0.05, 0) is 56.8 Å². The first-order chi connectivity index (χ1) is 19.3. The highest BCUT2D eigenvalue weighted by molar-refractivity contribution is 5.94. The molecule has 4 N–H and O–H groups in total. The molecular weight excluding hydrogens is 524 g/mol. The highest BCUT2D eigenvalue weighted by Gasteiger charge is 2.37. The minimum atomic E-state index is -1.11. The molecule has 41 heavy (non-hydrogen) atoms. The molecule has 228 valence electrons. The van der Waals surface area contributed by atoms with Crippen LogP contribution in [0.5, 0.6) is 0 Å². The second-order valence-corrected chi connectivity index (χ2v) is 11.7. The molecule has 8 heteroatoms. The van der Waals surface area contributed by atoms with Crippen LogP contribution in [0.25, 0.3) is 0 Å². The summed E-state index contributed by atoms with van der Waals surface area (Å²) >= 11 is 0. The van der Waals surface area contributed by atoms with Crippen molar-refractivity contribution in [1.29, 1.82) is 0 Å². The number of aliphatic hydroxyl groups is 4. The Labute approximate surface area is 244 Å². The molecule has 0 radical (unpaired) electrons. The first kappa shape index (κ1) is 34.4. The van der Waals surface area contributed by atoms with Gasteiger partial charge in [0, 0.05) is 25.2 Å². The summed E-state index contributed by atoms with van der Waals surface area (Å²) < 4.78 is 5.84. The van der Waals surface area contributed by atoms with E-state index in [9.17, 15) is 34.8 Å². The lowest BCUT2D eigenvalue weighted by Gasteiger charge is -2.32. The predicted octanol–water partition coefficient (Wildman–Crippen LogP) is 4.85. The van der Waals surface area contributed by atoms with E-state index >= 15 is 0 Å². The van der Waals surface area contributed by atoms with Crippen molar-refractivity contribution in [3.63, 3.8) is 0 Å². The van der Waals surface area contributed by atoms with Crippen LogP contribution in [0.15, 0.2) is 58.9 Å². The Morgan fingerprint density at radius 1 is 1.05 bits per heavy atom. The Balaban J connectivity index is 2.40. The van der Waals surface area contributed by atoms with Gasteiger partial charge in [-0.1, -0.05) is 56.7 Å². The Kier molecular flexibility index (Phi) is 13.4. The lowest BCUT2D eigenvalue weighted by molar-refractivity contribution is -0.157. The molecule has 0 fully saturated rings. The van der Waals surface area contributed by atoms with E-state index in [1.165, 1.54) is 12.2 Å². The molecule has 1 aliphatic heterocycles. The van der Waals surface area contributed by atoms with E-state index in [-0.39, 0.29) is 36.1 Å². The van der Waals surface area contributed by atoms with Crippen molar-refractivity contribution in [2.24, 2.45) is 23.7 Å². The van der Waals surface area contributed by atoms with Crippen molar-refractivity contribution in [3.8, 4) is 0 Å². The molecule has 8 unspecified atom stereocenters. The Bertz CT molecular complexity index is 1090. The fourth-order valence-corrected chi connectivity index (χ4v) is 5.32. The lowest BCUT2D eigenvalue weighted by atomic mass is 9.84. The van der Waals surface area contributed by atoms with Crippen LogP contribution in [-0.2, 0) is 19.1 Å². The number of esters is 1. The average Bonchev–Trinajstić information content (AvgIpc) is 3.12. The topological polar surface area (TPSA) is 141 Å². The van der Waals surface area contributed by atoms with Gasteiger partial charge in [0.05, 0.1) is 36.6 Å². The predicted molar refractivity (Wildman–Crippen MR) is 158 cm³/mol. The maximum absolute atomic E-state index is 13.1. The van der Waals surface area contributed by atoms with E-state index in [2.05, 4.69) is 0 Å². The van der Waals surface area contributed by atoms with Crippen LogP contribution < -0.4 is 0 Å². The molecular formula is C33H48O8. The molecule has 0 aromatic heterocycles. The number of cyclic esters (lactones) is 1. The summed E-state index contributed by atoms with van der Waals surface area (Å²) in [6.45, 7) is 10.7. The number of carbonyl (C=O) groups is 3. The van der Waals surface area contributed by atoms with Crippen LogP contribution in [0, 0.1) is 23.7 Å². The van der Waals surface area contributed by atoms with Crippen molar-refractivity contribution in [2.75, 3.05) is 0 Å². The molecule has 0 aromatic rings. The van der Waals surface area contributed by atoms with Gasteiger partial charge in [0.2, 0.25) is 0 Å². The third-order valence-corrected chi connectivity index (χ3v) is 8.18. The van der Waals surface area contributed by atoms with Gasteiger partial charge in [-0.15, -0.1) is 0 Å². The van der Waals surface area contributed by atoms with Gasteiger partial charge in [0.15, 0.2) is 5.78 Å². The van der Waals surface area contributed by atoms with Gasteiger partial charge in [-0.2, -0.15) is 0 Å². The minimum absolute atomic E-state index is 0.0632. The van der Waals surface area contributed by atoms with Crippen molar-refractivity contribution >= 4 is 17.5 Å². The summed E-state index contributed by atoms with van der Waals surface area (Å²) in [6.07, 6.45) is 7.51. The number of allylic oxidation sites excluding steroid dienone is 5. The third kappa shape index (κ3) is 9.90. The zero-order valence-corrected chi connectivity index (χ0v) is 25.2. The standard InChI is InChI=1S/C33H48O8/c1-7-8-24(34)12-10-21(4)33-23(6)29(37)18-25(35)13-15-27-31(39)22(5)26(32(27)40)14-9-19(2)17-28(36)20(3)11-16-30(38)41-33/h9,11,13-15,17,21,23,25-29,33,35-37,39H,7-8,10,12,16,18H2,1-6H3. The zero-order chi connectivity index (χ0) is 30.9. The van der Waals surface area contributed by atoms with Crippen LogP contribution >= 0.6 is 0 Å². The fraction of sp³-hybridized carbons (Fsp3) is 0.606. The molecule has 0 spiro atoms. The number of fused-ring (bicyclic) bond motifs is 2. The van der Waals surface area contributed by atoms with Crippen LogP contribution in [0.3, 0.4) is 0 Å². The molecule has 2 bridgehead atoms. The molecule has 1 aliphatic carbocycles. The number of rotatable bonds is 6. The highest BCUT2D eigenvalue weighted by Crippen LogP contribution is 2.34. The summed E-state index contributed by atoms with van der Waals surface area (Å²) in [4.78, 5) is 38.1. The van der Waals surface area contributed by atoms with Gasteiger partial charge >= 0.3 is 5.97 Å². The monoisotopic (exact) mass is 572 g/mol. The summed E-state index contributed by atoms with van der Waals surface area (Å²) in [7, 11) is 0. The molecule has 1 heterocycles. The molecule has 0 saturated carbocycles. The summed E-state index contributed by atoms with van der Waals surface area (Å²) in [5, 5.41) is 42.9. The first-order valence-electron chi connectivity index (χ1n) is 14.7. The van der Waals surface area contributed by atoms with Gasteiger partial charge < -0.3 is 25.2 Å². The number of ketones is 2. The number of carbonyl (C=O) groups excluding carboxylic acids is 3. The molecule has 2 aliphatic rings. The van der Waals surface area contributed by atoms with Gasteiger partial charge in [0.1, 0.15) is 17.6 Å². The Hall–Kier alpha value is -2.81. The molecule has 8 nitrogen and oxygen atoms in total. The van der Waals surface area contributed by atoms with Gasteiger partial charge in [0.25, 0.3) is 0 Å². The quantitative estimate of drug-likeness (QED) is 0.262.